The van der Waals surface area contributed by atoms with Crippen LogP contribution < -0.4 is 16.0 Å². The van der Waals surface area contributed by atoms with E-state index in [4.69, 9.17) is 42.6 Å². The number of hydrogen-bond acceptors (Lipinski definition) is 26. The smallest absolute Gasteiger partial charge is 0.217 e. The Morgan fingerprint density at radius 1 is 0.369 bits per heavy atom. The fraction of sp³-hybridized carbons (Fsp3) is 0.917. The Bertz CT molecular complexity index is 1560. The predicted molar refractivity (Wildman–Crippen MR) is 201 cm³/mol. The molecule has 0 aromatic heterocycles. The normalized spacial score (nSPS) is 47.1. The van der Waals surface area contributed by atoms with Crippen molar-refractivity contribution in [2.24, 2.45) is 0 Å². The van der Waals surface area contributed by atoms with Gasteiger partial charge in [0.05, 0.1) is 33.0 Å². The van der Waals surface area contributed by atoms with Crippen LogP contribution in [-0.4, -0.2) is 276 Å². The summed E-state index contributed by atoms with van der Waals surface area (Å²) in [6.07, 6.45) is -39.8. The predicted octanol–water partition coefficient (Wildman–Crippen LogP) is -11.5. The van der Waals surface area contributed by atoms with Crippen molar-refractivity contribution in [2.45, 2.75) is 174 Å². The Labute approximate surface area is 369 Å². The lowest BCUT2D eigenvalue weighted by molar-refractivity contribution is -0.382. The minimum atomic E-state index is -2.12. The van der Waals surface area contributed by atoms with Crippen LogP contribution in [0.2, 0.25) is 0 Å². The van der Waals surface area contributed by atoms with E-state index in [1.54, 1.807) is 0 Å². The van der Waals surface area contributed by atoms with Crippen molar-refractivity contribution in [3.8, 4) is 0 Å². The molecule has 17 N–H and O–H groups in total. The molecule has 376 valence electrons. The molecule has 0 radical (unpaired) electrons. The summed E-state index contributed by atoms with van der Waals surface area (Å²) in [5, 5.41) is 157. The number of aliphatic hydroxyl groups is 14. The average Bonchev–Trinajstić information content (AvgIpc) is 3.26. The molecule has 5 fully saturated rings. The van der Waals surface area contributed by atoms with Gasteiger partial charge in [-0.05, 0) is 0 Å². The highest BCUT2D eigenvalue weighted by Crippen LogP contribution is 2.35. The van der Waals surface area contributed by atoms with Crippen LogP contribution in [0.5, 0.6) is 0 Å². The van der Waals surface area contributed by atoms with Crippen LogP contribution in [0.1, 0.15) is 20.8 Å². The van der Waals surface area contributed by atoms with Gasteiger partial charge in [-0.15, -0.1) is 0 Å². The molecule has 0 aromatic rings. The molecular formula is C36H61N3O26. The summed E-state index contributed by atoms with van der Waals surface area (Å²) in [6, 6.07) is -4.74. The molecule has 0 aliphatic carbocycles. The lowest BCUT2D eigenvalue weighted by Gasteiger charge is -2.50. The summed E-state index contributed by atoms with van der Waals surface area (Å²) in [7, 11) is 0. The zero-order chi connectivity index (χ0) is 48.2. The van der Waals surface area contributed by atoms with Gasteiger partial charge in [0.1, 0.15) is 122 Å². The molecule has 5 heterocycles. The van der Waals surface area contributed by atoms with E-state index in [1.165, 1.54) is 0 Å². The van der Waals surface area contributed by atoms with Crippen LogP contribution in [0.25, 0.3) is 0 Å². The zero-order valence-corrected chi connectivity index (χ0v) is 35.1. The first-order valence-corrected chi connectivity index (χ1v) is 20.6. The molecule has 0 spiro atoms. The molecule has 65 heavy (non-hydrogen) atoms. The van der Waals surface area contributed by atoms with Crippen molar-refractivity contribution >= 4 is 17.7 Å². The number of hydrogen-bond donors (Lipinski definition) is 17. The number of nitrogens with one attached hydrogen (secondary N) is 3. The number of carbonyl (C=O) groups is 3. The Morgan fingerprint density at radius 3 is 1.20 bits per heavy atom. The van der Waals surface area contributed by atoms with E-state index in [0.29, 0.717) is 0 Å². The highest BCUT2D eigenvalue weighted by Gasteiger charge is 2.57. The van der Waals surface area contributed by atoms with E-state index in [-0.39, 0.29) is 0 Å². The summed E-state index contributed by atoms with van der Waals surface area (Å²) >= 11 is 0. The van der Waals surface area contributed by atoms with E-state index >= 15 is 0 Å². The Kier molecular flexibility index (Phi) is 19.1. The third-order valence-corrected chi connectivity index (χ3v) is 11.5. The summed E-state index contributed by atoms with van der Waals surface area (Å²) in [5.41, 5.74) is 0. The molecule has 5 aliphatic rings. The Balaban J connectivity index is 1.34. The van der Waals surface area contributed by atoms with Crippen molar-refractivity contribution in [2.75, 3.05) is 33.0 Å². The standard InChI is InChI=1S/C36H61N3O26/c1-9(45)37-17-23(51)28(14(6-42)57-32(17)56)64-36-27(55)31(21(49)13(5-41)59-36)65-34-19(39-11(3)47)24(52)29(15(7-43)60-34)63-35-26(54)25(53)30(16(8-44)61-35)62-33-18(38-10(2)46)22(50)20(48)12(4-40)58-33/h12-36,40-44,48-56H,4-8H2,1-3H3,(H,37,45)(H,38,46)(H,39,47)/t12-,13-,14-,15-,16-,17-,18-,19-,20-,21+,22-,23-,24-,25-,26-,27-,28-,29-,30+,31+,32-,33-,34+,35+,36+/m1/s1. The Morgan fingerprint density at radius 2 is 0.708 bits per heavy atom. The van der Waals surface area contributed by atoms with Crippen molar-refractivity contribution in [1.29, 1.82) is 0 Å². The molecule has 0 saturated carbocycles. The molecule has 0 unspecified atom stereocenters. The second-order valence-corrected chi connectivity index (χ2v) is 16.2. The van der Waals surface area contributed by atoms with E-state index in [2.05, 4.69) is 16.0 Å². The first kappa shape index (κ1) is 53.4. The molecule has 3 amide bonds. The molecule has 29 heteroatoms. The van der Waals surface area contributed by atoms with Crippen LogP contribution >= 0.6 is 0 Å². The van der Waals surface area contributed by atoms with Crippen LogP contribution in [0.15, 0.2) is 0 Å². The topological polar surface area (TPSA) is 454 Å². The average molecular weight is 952 g/mol. The van der Waals surface area contributed by atoms with Crippen molar-refractivity contribution in [1.82, 2.24) is 16.0 Å². The fourth-order valence-electron chi connectivity index (χ4n) is 8.25. The largest absolute Gasteiger partial charge is 0.394 e. The van der Waals surface area contributed by atoms with Gasteiger partial charge in [-0.1, -0.05) is 0 Å². The quantitative estimate of drug-likeness (QED) is 0.0683. The highest BCUT2D eigenvalue weighted by molar-refractivity contribution is 5.74. The van der Waals surface area contributed by atoms with Crippen molar-refractivity contribution in [3.63, 3.8) is 0 Å². The van der Waals surface area contributed by atoms with Gasteiger partial charge in [0, 0.05) is 20.8 Å². The molecule has 0 aromatic carbocycles. The minimum absolute atomic E-state index is 0.693. The molecule has 0 bridgehead atoms. The van der Waals surface area contributed by atoms with Crippen molar-refractivity contribution in [3.05, 3.63) is 0 Å². The molecule has 5 aliphatic heterocycles. The van der Waals surface area contributed by atoms with Gasteiger partial charge >= 0.3 is 0 Å². The third kappa shape index (κ3) is 11.9. The first-order valence-electron chi connectivity index (χ1n) is 20.6. The monoisotopic (exact) mass is 951 g/mol. The van der Waals surface area contributed by atoms with Gasteiger partial charge in [-0.2, -0.15) is 0 Å². The van der Waals surface area contributed by atoms with Crippen LogP contribution in [0.4, 0.5) is 0 Å². The second-order valence-electron chi connectivity index (χ2n) is 16.2. The fourth-order valence-corrected chi connectivity index (χ4v) is 8.25. The zero-order valence-electron chi connectivity index (χ0n) is 35.1. The maximum atomic E-state index is 12.5. The van der Waals surface area contributed by atoms with Gasteiger partial charge in [0.2, 0.25) is 17.7 Å². The SMILES string of the molecule is CC(=O)N[C@@H]1[C@@H](O)[C@H](O[C@@H]2O[C@H](CO)[C@H](O)[C@H](O[C@@H]3O[C@H](CO)[C@@H](O[C@@H]4O[C@H](CO)[C@H](O[C@H]5O[C@H](CO)[C@@H](O)[C@H](O)[C@H]5NC(C)=O)[C@H](O)[C@H]4O)[C@H](O)[C@H]3NC(C)=O)[C@H]2O)[C@@H](CO)O[C@H]1O. The lowest BCUT2D eigenvalue weighted by atomic mass is 9.94. The van der Waals surface area contributed by atoms with Gasteiger partial charge in [0.15, 0.2) is 31.5 Å². The highest BCUT2D eigenvalue weighted by atomic mass is 16.8. The maximum Gasteiger partial charge on any atom is 0.217 e. The minimum Gasteiger partial charge on any atom is -0.394 e. The number of rotatable bonds is 16. The van der Waals surface area contributed by atoms with E-state index in [1.807, 2.05) is 0 Å². The van der Waals surface area contributed by atoms with Gasteiger partial charge < -0.3 is 130 Å². The second kappa shape index (κ2) is 23.2. The Hall–Kier alpha value is -2.51. The molecule has 5 saturated heterocycles. The van der Waals surface area contributed by atoms with Crippen LogP contribution in [-0.2, 0) is 57.0 Å². The molecule has 29 nitrogen and oxygen atoms in total. The summed E-state index contributed by atoms with van der Waals surface area (Å²) in [6.45, 7) is -1.42. The number of ether oxygens (including phenoxy) is 9. The number of aliphatic hydroxyl groups excluding tert-OH is 14. The van der Waals surface area contributed by atoms with Crippen molar-refractivity contribution < 1.29 is 129 Å². The van der Waals surface area contributed by atoms with Gasteiger partial charge in [0.25, 0.3) is 0 Å². The molecule has 25 atom stereocenters. The van der Waals surface area contributed by atoms with Gasteiger partial charge in [-0.25, -0.2) is 0 Å². The molecular weight excluding hydrogens is 890 g/mol. The summed E-state index contributed by atoms with van der Waals surface area (Å²) in [5.74, 6) is -2.22. The van der Waals surface area contributed by atoms with E-state index in [9.17, 15) is 85.9 Å². The molecule has 5 rings (SSSR count). The summed E-state index contributed by atoms with van der Waals surface area (Å²) in [4.78, 5) is 36.2. The van der Waals surface area contributed by atoms with Crippen LogP contribution in [0, 0.1) is 0 Å². The lowest BCUT2D eigenvalue weighted by Crippen LogP contribution is -2.70. The maximum absolute atomic E-state index is 12.5. The van der Waals surface area contributed by atoms with Gasteiger partial charge in [-0.3, -0.25) is 14.4 Å². The van der Waals surface area contributed by atoms with Crippen LogP contribution in [0.3, 0.4) is 0 Å². The van der Waals surface area contributed by atoms with E-state index in [0.717, 1.165) is 20.8 Å². The number of carbonyl (C=O) groups excluding carboxylic acids is 3. The summed E-state index contributed by atoms with van der Waals surface area (Å²) < 4.78 is 51.2. The third-order valence-electron chi connectivity index (χ3n) is 11.5. The first-order chi connectivity index (χ1) is 30.7. The number of amides is 3. The van der Waals surface area contributed by atoms with E-state index < -0.39 is 204 Å².